The van der Waals surface area contributed by atoms with Gasteiger partial charge in [0.1, 0.15) is 11.6 Å². The topological polar surface area (TPSA) is 69.8 Å². The monoisotopic (exact) mass is 520 g/mol. The van der Waals surface area contributed by atoms with Gasteiger partial charge in [-0.25, -0.2) is 8.78 Å². The summed E-state index contributed by atoms with van der Waals surface area (Å²) in [5, 5.41) is 7.25. The summed E-state index contributed by atoms with van der Waals surface area (Å²) in [4.78, 5) is 12.6. The smallest absolute Gasteiger partial charge is 0.228 e. The maximum Gasteiger partial charge on any atom is 0.228 e. The van der Waals surface area contributed by atoms with Crippen LogP contribution in [0.3, 0.4) is 0 Å². The Morgan fingerprint density at radius 2 is 1.97 bits per heavy atom. The molecule has 0 spiro atoms. The summed E-state index contributed by atoms with van der Waals surface area (Å²) in [6, 6.07) is 3.54. The Bertz CT molecular complexity index is 821. The van der Waals surface area contributed by atoms with E-state index in [2.05, 4.69) is 25.3 Å². The molecule has 0 amide bonds. The van der Waals surface area contributed by atoms with E-state index in [-0.39, 0.29) is 29.9 Å². The van der Waals surface area contributed by atoms with Crippen LogP contribution in [0.5, 0.6) is 0 Å². The number of nitrogens with zero attached hydrogens (tertiary/aromatic N) is 5. The lowest BCUT2D eigenvalue weighted by Crippen LogP contribution is -2.53. The van der Waals surface area contributed by atoms with Crippen molar-refractivity contribution in [2.24, 2.45) is 4.99 Å². The van der Waals surface area contributed by atoms with Crippen molar-refractivity contribution in [3.8, 4) is 0 Å². The van der Waals surface area contributed by atoms with Gasteiger partial charge in [-0.2, -0.15) is 4.98 Å². The largest absolute Gasteiger partial charge is 0.366 e. The third-order valence-electron chi connectivity index (χ3n) is 4.66. The number of guanidine groups is 1. The summed E-state index contributed by atoms with van der Waals surface area (Å²) in [7, 11) is 1.73. The minimum absolute atomic E-state index is 0. The van der Waals surface area contributed by atoms with Gasteiger partial charge in [0.15, 0.2) is 11.8 Å². The third kappa shape index (κ3) is 6.00. The zero-order valence-electron chi connectivity index (χ0n) is 16.9. The summed E-state index contributed by atoms with van der Waals surface area (Å²) < 4.78 is 32.7. The number of benzene rings is 1. The van der Waals surface area contributed by atoms with Gasteiger partial charge in [0.25, 0.3) is 0 Å². The van der Waals surface area contributed by atoms with Crippen LogP contribution in [-0.4, -0.2) is 60.8 Å². The number of hydrogen-bond acceptors (Lipinski definition) is 5. The van der Waals surface area contributed by atoms with E-state index in [9.17, 15) is 8.78 Å². The molecule has 2 aromatic rings. The Kier molecular flexibility index (Phi) is 8.60. The standard InChI is InChI=1S/C19H26F2N6O.HI/c1-13(2)18-24-17(28-25-18)6-7-23-19(22-3)27-10-8-26(9-11-27)16-12-14(20)4-5-15(16)21;/h4-5,12-13H,6-11H2,1-3H3,(H,22,23);1H. The van der Waals surface area contributed by atoms with Gasteiger partial charge in [-0.1, -0.05) is 19.0 Å². The molecule has 1 fully saturated rings. The molecule has 0 aliphatic carbocycles. The molecule has 1 aliphatic heterocycles. The number of rotatable bonds is 5. The fraction of sp³-hybridized carbons (Fsp3) is 0.526. The highest BCUT2D eigenvalue weighted by molar-refractivity contribution is 14.0. The highest BCUT2D eigenvalue weighted by Gasteiger charge is 2.22. The van der Waals surface area contributed by atoms with Crippen LogP contribution >= 0.6 is 24.0 Å². The zero-order valence-corrected chi connectivity index (χ0v) is 19.2. The first-order valence-electron chi connectivity index (χ1n) is 9.46. The van der Waals surface area contributed by atoms with Crippen LogP contribution in [0.1, 0.15) is 31.5 Å². The Labute approximate surface area is 186 Å². The minimum atomic E-state index is -0.432. The fourth-order valence-corrected chi connectivity index (χ4v) is 3.10. The molecule has 3 rings (SSSR count). The van der Waals surface area contributed by atoms with Crippen LogP contribution in [0.15, 0.2) is 27.7 Å². The molecular weight excluding hydrogens is 493 g/mol. The number of hydrogen-bond donors (Lipinski definition) is 1. The van der Waals surface area contributed by atoms with Gasteiger partial charge in [-0.15, -0.1) is 24.0 Å². The lowest BCUT2D eigenvalue weighted by Gasteiger charge is -2.37. The molecule has 1 saturated heterocycles. The molecule has 0 atom stereocenters. The Balaban J connectivity index is 0.00000300. The predicted molar refractivity (Wildman–Crippen MR) is 119 cm³/mol. The highest BCUT2D eigenvalue weighted by Crippen LogP contribution is 2.22. The van der Waals surface area contributed by atoms with E-state index < -0.39 is 11.6 Å². The molecule has 1 aromatic carbocycles. The third-order valence-corrected chi connectivity index (χ3v) is 4.66. The predicted octanol–water partition coefficient (Wildman–Crippen LogP) is 3.03. The molecule has 0 unspecified atom stereocenters. The number of aliphatic imine (C=N–C) groups is 1. The molecular formula is C19H27F2IN6O. The number of aromatic nitrogens is 2. The van der Waals surface area contributed by atoms with E-state index in [0.29, 0.717) is 56.5 Å². The number of nitrogens with one attached hydrogen (secondary N) is 1. The number of piperazine rings is 1. The molecule has 160 valence electrons. The Morgan fingerprint density at radius 3 is 2.59 bits per heavy atom. The van der Waals surface area contributed by atoms with Crippen molar-refractivity contribution < 1.29 is 13.3 Å². The molecule has 2 heterocycles. The van der Waals surface area contributed by atoms with Crippen molar-refractivity contribution in [2.75, 3.05) is 44.7 Å². The van der Waals surface area contributed by atoms with Gasteiger partial charge in [-0.3, -0.25) is 4.99 Å². The van der Waals surface area contributed by atoms with Gasteiger partial charge in [0.2, 0.25) is 5.89 Å². The van der Waals surface area contributed by atoms with E-state index in [1.807, 2.05) is 18.7 Å². The normalized spacial score (nSPS) is 14.9. The Hall–Kier alpha value is -1.98. The summed E-state index contributed by atoms with van der Waals surface area (Å²) in [5.41, 5.74) is 0.306. The molecule has 29 heavy (non-hydrogen) atoms. The summed E-state index contributed by atoms with van der Waals surface area (Å²) in [5.74, 6) is 1.47. The van der Waals surface area contributed by atoms with Gasteiger partial charge < -0.3 is 19.6 Å². The average molecular weight is 520 g/mol. The maximum atomic E-state index is 14.0. The van der Waals surface area contributed by atoms with E-state index >= 15 is 0 Å². The van der Waals surface area contributed by atoms with Crippen molar-refractivity contribution >= 4 is 35.6 Å². The SMILES string of the molecule is CN=C(NCCc1nc(C(C)C)no1)N1CCN(c2cc(F)ccc2F)CC1.I. The van der Waals surface area contributed by atoms with Crippen LogP contribution in [0.2, 0.25) is 0 Å². The number of anilines is 1. The second kappa shape index (κ2) is 10.7. The highest BCUT2D eigenvalue weighted by atomic mass is 127. The van der Waals surface area contributed by atoms with Crippen LogP contribution in [-0.2, 0) is 6.42 Å². The van der Waals surface area contributed by atoms with E-state index in [4.69, 9.17) is 4.52 Å². The van der Waals surface area contributed by atoms with E-state index in [0.717, 1.165) is 12.0 Å². The van der Waals surface area contributed by atoms with Gasteiger partial charge in [0, 0.05) is 58.2 Å². The molecule has 0 bridgehead atoms. The molecule has 7 nitrogen and oxygen atoms in total. The van der Waals surface area contributed by atoms with E-state index in [1.165, 1.54) is 12.1 Å². The molecule has 1 aliphatic rings. The zero-order chi connectivity index (χ0) is 20.1. The molecule has 0 radical (unpaired) electrons. The molecule has 0 saturated carbocycles. The van der Waals surface area contributed by atoms with Crippen molar-refractivity contribution in [2.45, 2.75) is 26.2 Å². The van der Waals surface area contributed by atoms with E-state index in [1.54, 1.807) is 7.05 Å². The van der Waals surface area contributed by atoms with Crippen LogP contribution in [0.25, 0.3) is 0 Å². The van der Waals surface area contributed by atoms with Gasteiger partial charge >= 0.3 is 0 Å². The summed E-state index contributed by atoms with van der Waals surface area (Å²) in [6.45, 7) is 7.14. The lowest BCUT2D eigenvalue weighted by atomic mass is 10.2. The second-order valence-corrected chi connectivity index (χ2v) is 6.99. The quantitative estimate of drug-likeness (QED) is 0.372. The first-order valence-corrected chi connectivity index (χ1v) is 9.46. The lowest BCUT2D eigenvalue weighted by molar-refractivity contribution is 0.361. The Morgan fingerprint density at radius 1 is 1.24 bits per heavy atom. The summed E-state index contributed by atoms with van der Waals surface area (Å²) >= 11 is 0. The molecule has 1 N–H and O–H groups in total. The van der Waals surface area contributed by atoms with Crippen LogP contribution in [0, 0.1) is 11.6 Å². The minimum Gasteiger partial charge on any atom is -0.366 e. The van der Waals surface area contributed by atoms with Gasteiger partial charge in [0.05, 0.1) is 5.69 Å². The molecule has 1 aromatic heterocycles. The van der Waals surface area contributed by atoms with Crippen molar-refractivity contribution in [3.05, 3.63) is 41.5 Å². The summed E-state index contributed by atoms with van der Waals surface area (Å²) in [6.07, 6.45) is 0.604. The second-order valence-electron chi connectivity index (χ2n) is 6.99. The average Bonchev–Trinajstić information content (AvgIpc) is 3.17. The van der Waals surface area contributed by atoms with Crippen LogP contribution < -0.4 is 10.2 Å². The molecule has 10 heteroatoms. The first kappa shape index (κ1) is 23.3. The van der Waals surface area contributed by atoms with Crippen LogP contribution in [0.4, 0.5) is 14.5 Å². The fourth-order valence-electron chi connectivity index (χ4n) is 3.10. The maximum absolute atomic E-state index is 14.0. The number of halogens is 3. The first-order chi connectivity index (χ1) is 13.5. The van der Waals surface area contributed by atoms with Crippen molar-refractivity contribution in [1.29, 1.82) is 0 Å². The van der Waals surface area contributed by atoms with Crippen molar-refractivity contribution in [3.63, 3.8) is 0 Å². The van der Waals surface area contributed by atoms with Crippen molar-refractivity contribution in [1.82, 2.24) is 20.4 Å². The van der Waals surface area contributed by atoms with Gasteiger partial charge in [-0.05, 0) is 12.1 Å².